The van der Waals surface area contributed by atoms with Crippen LogP contribution in [-0.4, -0.2) is 38.3 Å². The van der Waals surface area contributed by atoms with Crippen molar-refractivity contribution in [1.82, 2.24) is 5.32 Å². The Labute approximate surface area is 180 Å². The average molecular weight is 426 g/mol. The van der Waals surface area contributed by atoms with Gasteiger partial charge in [-0.05, 0) is 55.4 Å². The molecule has 1 fully saturated rings. The third-order valence-corrected chi connectivity index (χ3v) is 4.89. The van der Waals surface area contributed by atoms with E-state index in [-0.39, 0.29) is 10.7 Å². The Hall–Kier alpha value is -3.39. The number of benzene rings is 2. The Balaban J connectivity index is 2.14. The van der Waals surface area contributed by atoms with E-state index in [1.54, 1.807) is 12.1 Å². The van der Waals surface area contributed by atoms with Crippen molar-refractivity contribution in [2.45, 2.75) is 13.8 Å². The van der Waals surface area contributed by atoms with Crippen molar-refractivity contribution in [2.24, 2.45) is 0 Å². The highest BCUT2D eigenvalue weighted by molar-refractivity contribution is 7.80. The fraction of sp³-hybridized carbons (Fsp3) is 0.227. The largest absolute Gasteiger partial charge is 0.496 e. The van der Waals surface area contributed by atoms with Crippen LogP contribution in [0.15, 0.2) is 35.9 Å². The van der Waals surface area contributed by atoms with Crippen molar-refractivity contribution in [3.63, 3.8) is 0 Å². The molecule has 3 rings (SSSR count). The zero-order valence-corrected chi connectivity index (χ0v) is 18.2. The molecule has 0 radical (unpaired) electrons. The molecule has 2 aromatic carbocycles. The van der Waals surface area contributed by atoms with E-state index < -0.39 is 11.8 Å². The lowest BCUT2D eigenvalue weighted by Crippen LogP contribution is -2.54. The molecule has 1 heterocycles. The second kappa shape index (κ2) is 8.54. The second-order valence-corrected chi connectivity index (χ2v) is 7.14. The minimum Gasteiger partial charge on any atom is -0.496 e. The van der Waals surface area contributed by atoms with Crippen LogP contribution in [0.25, 0.3) is 6.08 Å². The van der Waals surface area contributed by atoms with Gasteiger partial charge in [-0.1, -0.05) is 6.07 Å². The van der Waals surface area contributed by atoms with Crippen LogP contribution in [0.3, 0.4) is 0 Å². The number of hydrogen-bond acceptors (Lipinski definition) is 6. The van der Waals surface area contributed by atoms with E-state index in [0.717, 1.165) is 11.1 Å². The van der Waals surface area contributed by atoms with Crippen molar-refractivity contribution in [3.8, 4) is 17.2 Å². The standard InChI is InChI=1S/C22H22N2O5S/c1-12-6-13(2)8-14(7-12)24-21(26)17(20(25)23-22(24)30)11-16-18(28-4)9-15(27-3)10-19(16)29-5/h6-11H,1-5H3,(H,23,25,30)/b17-11-. The second-order valence-electron chi connectivity index (χ2n) is 6.75. The summed E-state index contributed by atoms with van der Waals surface area (Å²) in [4.78, 5) is 27.2. The number of amides is 2. The fourth-order valence-electron chi connectivity index (χ4n) is 3.29. The first kappa shape index (κ1) is 21.3. The van der Waals surface area contributed by atoms with Crippen molar-refractivity contribution in [1.29, 1.82) is 0 Å². The van der Waals surface area contributed by atoms with Crippen LogP contribution in [0.2, 0.25) is 0 Å². The number of aryl methyl sites for hydroxylation is 2. The summed E-state index contributed by atoms with van der Waals surface area (Å²) in [5.74, 6) is 0.179. The zero-order chi connectivity index (χ0) is 22.0. The van der Waals surface area contributed by atoms with E-state index in [2.05, 4.69) is 5.32 Å². The molecule has 156 valence electrons. The molecule has 7 nitrogen and oxygen atoms in total. The van der Waals surface area contributed by atoms with Gasteiger partial charge in [0.05, 0.1) is 32.6 Å². The molecule has 0 aromatic heterocycles. The molecular weight excluding hydrogens is 404 g/mol. The maximum atomic E-state index is 13.3. The molecule has 0 aliphatic carbocycles. The van der Waals surface area contributed by atoms with Gasteiger partial charge in [0.1, 0.15) is 22.8 Å². The minimum atomic E-state index is -0.592. The summed E-state index contributed by atoms with van der Waals surface area (Å²) in [5, 5.41) is 2.62. The number of rotatable bonds is 5. The Morgan fingerprint density at radius 1 is 0.900 bits per heavy atom. The monoisotopic (exact) mass is 426 g/mol. The number of carbonyl (C=O) groups excluding carboxylic acids is 2. The van der Waals surface area contributed by atoms with E-state index in [9.17, 15) is 9.59 Å². The van der Waals surface area contributed by atoms with Gasteiger partial charge in [-0.2, -0.15) is 0 Å². The van der Waals surface area contributed by atoms with Gasteiger partial charge in [-0.25, -0.2) is 0 Å². The molecule has 1 aliphatic heterocycles. The SMILES string of the molecule is COc1cc(OC)c(/C=C2/C(=O)NC(=S)N(c3cc(C)cc(C)c3)C2=O)c(OC)c1. The van der Waals surface area contributed by atoms with Crippen LogP contribution >= 0.6 is 12.2 Å². The molecule has 8 heteroatoms. The van der Waals surface area contributed by atoms with Gasteiger partial charge in [0.15, 0.2) is 5.11 Å². The summed E-state index contributed by atoms with van der Waals surface area (Å²) in [6.45, 7) is 3.85. The topological polar surface area (TPSA) is 77.1 Å². The quantitative estimate of drug-likeness (QED) is 0.450. The van der Waals surface area contributed by atoms with Crippen LogP contribution in [0, 0.1) is 13.8 Å². The molecule has 1 N–H and O–H groups in total. The lowest BCUT2D eigenvalue weighted by molar-refractivity contribution is -0.122. The zero-order valence-electron chi connectivity index (χ0n) is 17.4. The van der Waals surface area contributed by atoms with Gasteiger partial charge >= 0.3 is 0 Å². The summed E-state index contributed by atoms with van der Waals surface area (Å²) in [7, 11) is 4.49. The van der Waals surface area contributed by atoms with E-state index in [0.29, 0.717) is 28.5 Å². The summed E-state index contributed by atoms with van der Waals surface area (Å²) in [5.41, 5.74) is 2.88. The highest BCUT2D eigenvalue weighted by Crippen LogP contribution is 2.36. The first-order chi connectivity index (χ1) is 14.3. The predicted molar refractivity (Wildman–Crippen MR) is 118 cm³/mol. The van der Waals surface area contributed by atoms with Crippen molar-refractivity contribution >= 4 is 40.9 Å². The molecule has 0 spiro atoms. The fourth-order valence-corrected chi connectivity index (χ4v) is 3.57. The van der Waals surface area contributed by atoms with Gasteiger partial charge in [-0.3, -0.25) is 19.8 Å². The molecule has 0 atom stereocenters. The van der Waals surface area contributed by atoms with E-state index in [1.807, 2.05) is 32.0 Å². The molecular formula is C22H22N2O5S. The minimum absolute atomic E-state index is 0.0285. The molecule has 30 heavy (non-hydrogen) atoms. The number of nitrogens with one attached hydrogen (secondary N) is 1. The normalized spacial score (nSPS) is 15.3. The third-order valence-electron chi connectivity index (χ3n) is 4.61. The predicted octanol–water partition coefficient (Wildman–Crippen LogP) is 3.16. The summed E-state index contributed by atoms with van der Waals surface area (Å²) >= 11 is 5.28. The number of nitrogens with zero attached hydrogens (tertiary/aromatic N) is 1. The molecule has 1 aliphatic rings. The Bertz CT molecular complexity index is 1030. The number of hydrogen-bond donors (Lipinski definition) is 1. The van der Waals surface area contributed by atoms with E-state index in [1.165, 1.54) is 32.3 Å². The van der Waals surface area contributed by atoms with Crippen LogP contribution in [-0.2, 0) is 9.59 Å². The maximum Gasteiger partial charge on any atom is 0.270 e. The highest BCUT2D eigenvalue weighted by atomic mass is 32.1. The van der Waals surface area contributed by atoms with Crippen molar-refractivity contribution in [2.75, 3.05) is 26.2 Å². The summed E-state index contributed by atoms with van der Waals surface area (Å²) < 4.78 is 16.1. The van der Waals surface area contributed by atoms with E-state index >= 15 is 0 Å². The molecule has 1 saturated heterocycles. The van der Waals surface area contributed by atoms with Gasteiger partial charge in [0.2, 0.25) is 0 Å². The molecule has 0 bridgehead atoms. The molecule has 0 unspecified atom stereocenters. The lowest BCUT2D eigenvalue weighted by Gasteiger charge is -2.29. The Kier molecular flexibility index (Phi) is 6.07. The van der Waals surface area contributed by atoms with Crippen LogP contribution in [0.4, 0.5) is 5.69 Å². The lowest BCUT2D eigenvalue weighted by atomic mass is 10.0. The van der Waals surface area contributed by atoms with Crippen molar-refractivity contribution < 1.29 is 23.8 Å². The van der Waals surface area contributed by atoms with Crippen LogP contribution in [0.1, 0.15) is 16.7 Å². The van der Waals surface area contributed by atoms with Gasteiger partial charge in [-0.15, -0.1) is 0 Å². The average Bonchev–Trinajstić information content (AvgIpc) is 2.69. The van der Waals surface area contributed by atoms with Crippen LogP contribution in [0.5, 0.6) is 17.2 Å². The van der Waals surface area contributed by atoms with Crippen LogP contribution < -0.4 is 24.4 Å². The molecule has 2 amide bonds. The molecule has 2 aromatic rings. The van der Waals surface area contributed by atoms with Gasteiger partial charge in [0, 0.05) is 12.1 Å². The van der Waals surface area contributed by atoms with Crippen molar-refractivity contribution in [3.05, 3.63) is 52.6 Å². The van der Waals surface area contributed by atoms with Gasteiger partial charge in [0.25, 0.3) is 11.8 Å². The number of thiocarbonyl (C=S) groups is 1. The first-order valence-electron chi connectivity index (χ1n) is 9.08. The van der Waals surface area contributed by atoms with Gasteiger partial charge < -0.3 is 14.2 Å². The number of carbonyl (C=O) groups is 2. The Morgan fingerprint density at radius 2 is 1.47 bits per heavy atom. The first-order valence-corrected chi connectivity index (χ1v) is 9.49. The Morgan fingerprint density at radius 3 is 1.97 bits per heavy atom. The van der Waals surface area contributed by atoms with E-state index in [4.69, 9.17) is 26.4 Å². The number of ether oxygens (including phenoxy) is 3. The smallest absolute Gasteiger partial charge is 0.270 e. The number of anilines is 1. The summed E-state index contributed by atoms with van der Waals surface area (Å²) in [6, 6.07) is 8.95. The summed E-state index contributed by atoms with van der Waals surface area (Å²) in [6.07, 6.45) is 1.44. The third kappa shape index (κ3) is 3.99. The maximum absolute atomic E-state index is 13.3. The molecule has 0 saturated carbocycles. The number of methoxy groups -OCH3 is 3. The highest BCUT2D eigenvalue weighted by Gasteiger charge is 2.35.